The summed E-state index contributed by atoms with van der Waals surface area (Å²) in [7, 11) is 0. The molecule has 20 heavy (non-hydrogen) atoms. The van der Waals surface area contributed by atoms with Crippen LogP contribution in [-0.2, 0) is 5.75 Å². The highest BCUT2D eigenvalue weighted by Gasteiger charge is 2.05. The van der Waals surface area contributed by atoms with E-state index in [1.54, 1.807) is 28.4 Å². The van der Waals surface area contributed by atoms with Crippen molar-refractivity contribution in [3.63, 3.8) is 0 Å². The van der Waals surface area contributed by atoms with Gasteiger partial charge in [-0.05, 0) is 31.2 Å². The second kappa shape index (κ2) is 5.46. The summed E-state index contributed by atoms with van der Waals surface area (Å²) in [5, 5.41) is 0.929. The molecule has 5 heteroatoms. The first-order chi connectivity index (χ1) is 9.74. The molecule has 0 saturated heterocycles. The molecule has 0 aliphatic carbocycles. The van der Waals surface area contributed by atoms with E-state index < -0.39 is 0 Å². The minimum atomic E-state index is -0.0373. The molecule has 0 N–H and O–H groups in total. The topological polar surface area (TPSA) is 47.3 Å². The molecule has 3 heterocycles. The molecule has 0 saturated carbocycles. The lowest BCUT2D eigenvalue weighted by Gasteiger charge is -2.06. The molecule has 0 aromatic carbocycles. The zero-order valence-electron chi connectivity index (χ0n) is 11.0. The highest BCUT2D eigenvalue weighted by atomic mass is 32.2. The minimum Gasteiger partial charge on any atom is -0.269 e. The molecule has 4 nitrogen and oxygen atoms in total. The zero-order valence-corrected chi connectivity index (χ0v) is 11.8. The third kappa shape index (κ3) is 2.58. The average Bonchev–Trinajstić information content (AvgIpc) is 2.46. The van der Waals surface area contributed by atoms with Crippen molar-refractivity contribution in [3.05, 3.63) is 70.4 Å². The van der Waals surface area contributed by atoms with Crippen LogP contribution in [0.25, 0.3) is 5.65 Å². The molecule has 0 amide bonds. The van der Waals surface area contributed by atoms with E-state index in [4.69, 9.17) is 0 Å². The summed E-state index contributed by atoms with van der Waals surface area (Å²) < 4.78 is 1.62. The van der Waals surface area contributed by atoms with Gasteiger partial charge in [0.1, 0.15) is 5.65 Å². The Morgan fingerprint density at radius 2 is 2.10 bits per heavy atom. The van der Waals surface area contributed by atoms with Crippen molar-refractivity contribution in [2.45, 2.75) is 17.7 Å². The standard InChI is InChI=1S/C15H13N3OS/c1-11-5-4-6-13-17-12(9-15(19)18(11)13)10-20-14-7-2-3-8-16-14/h2-9H,10H2,1H3. The molecule has 3 rings (SSSR count). The average molecular weight is 283 g/mol. The van der Waals surface area contributed by atoms with E-state index in [9.17, 15) is 4.79 Å². The van der Waals surface area contributed by atoms with Gasteiger partial charge in [0, 0.05) is 23.7 Å². The fraction of sp³-hybridized carbons (Fsp3) is 0.133. The predicted octanol–water partition coefficient (Wildman–Crippen LogP) is 2.69. The monoisotopic (exact) mass is 283 g/mol. The second-order valence-corrected chi connectivity index (χ2v) is 5.40. The van der Waals surface area contributed by atoms with Crippen molar-refractivity contribution in [3.8, 4) is 0 Å². The van der Waals surface area contributed by atoms with Gasteiger partial charge in [-0.15, -0.1) is 11.8 Å². The molecular formula is C15H13N3OS. The lowest BCUT2D eigenvalue weighted by atomic mass is 10.3. The third-order valence-electron chi connectivity index (χ3n) is 2.94. The van der Waals surface area contributed by atoms with Crippen LogP contribution in [-0.4, -0.2) is 14.4 Å². The number of thioether (sulfide) groups is 1. The Kier molecular flexibility index (Phi) is 3.52. The highest BCUT2D eigenvalue weighted by molar-refractivity contribution is 7.98. The Balaban J connectivity index is 1.92. The quantitative estimate of drug-likeness (QED) is 0.693. The Hall–Kier alpha value is -2.14. The summed E-state index contributed by atoms with van der Waals surface area (Å²) in [5.74, 6) is 0.636. The number of nitrogens with zero attached hydrogens (tertiary/aromatic N) is 3. The predicted molar refractivity (Wildman–Crippen MR) is 80.0 cm³/mol. The van der Waals surface area contributed by atoms with Gasteiger partial charge in [-0.3, -0.25) is 9.20 Å². The lowest BCUT2D eigenvalue weighted by Crippen LogP contribution is -2.17. The molecule has 0 radical (unpaired) electrons. The molecule has 100 valence electrons. The van der Waals surface area contributed by atoms with Gasteiger partial charge in [-0.25, -0.2) is 9.97 Å². The number of aryl methyl sites for hydroxylation is 1. The van der Waals surface area contributed by atoms with Crippen molar-refractivity contribution in [2.24, 2.45) is 0 Å². The largest absolute Gasteiger partial charge is 0.269 e. The first-order valence-corrected chi connectivity index (χ1v) is 7.25. The van der Waals surface area contributed by atoms with E-state index in [1.165, 1.54) is 0 Å². The normalized spacial score (nSPS) is 10.8. The van der Waals surface area contributed by atoms with Crippen LogP contribution in [0, 0.1) is 6.92 Å². The molecule has 3 aromatic heterocycles. The fourth-order valence-electron chi connectivity index (χ4n) is 2.02. The maximum Gasteiger partial charge on any atom is 0.258 e. The summed E-state index contributed by atoms with van der Waals surface area (Å²) in [4.78, 5) is 20.9. The van der Waals surface area contributed by atoms with E-state index in [-0.39, 0.29) is 5.56 Å². The van der Waals surface area contributed by atoms with Crippen LogP contribution in [0.1, 0.15) is 11.4 Å². The van der Waals surface area contributed by atoms with Crippen molar-refractivity contribution in [1.82, 2.24) is 14.4 Å². The van der Waals surface area contributed by atoms with Crippen LogP contribution in [0.5, 0.6) is 0 Å². The molecule has 0 spiro atoms. The van der Waals surface area contributed by atoms with E-state index in [0.29, 0.717) is 11.4 Å². The van der Waals surface area contributed by atoms with Crippen LogP contribution in [0.2, 0.25) is 0 Å². The van der Waals surface area contributed by atoms with Gasteiger partial charge in [-0.1, -0.05) is 12.1 Å². The molecule has 0 aliphatic rings. The molecule has 3 aromatic rings. The van der Waals surface area contributed by atoms with Crippen molar-refractivity contribution in [2.75, 3.05) is 0 Å². The zero-order chi connectivity index (χ0) is 13.9. The van der Waals surface area contributed by atoms with Crippen LogP contribution in [0.4, 0.5) is 0 Å². The van der Waals surface area contributed by atoms with Crippen LogP contribution >= 0.6 is 11.8 Å². The summed E-state index contributed by atoms with van der Waals surface area (Å²) in [6.07, 6.45) is 1.76. The van der Waals surface area contributed by atoms with Gasteiger partial charge in [0.2, 0.25) is 0 Å². The molecular weight excluding hydrogens is 270 g/mol. The van der Waals surface area contributed by atoms with Gasteiger partial charge in [-0.2, -0.15) is 0 Å². The molecule has 0 unspecified atom stereocenters. The van der Waals surface area contributed by atoms with Crippen LogP contribution in [0.15, 0.2) is 58.5 Å². The van der Waals surface area contributed by atoms with Crippen molar-refractivity contribution >= 4 is 17.4 Å². The summed E-state index contributed by atoms with van der Waals surface area (Å²) in [6, 6.07) is 13.0. The fourth-order valence-corrected chi connectivity index (χ4v) is 2.77. The number of aromatic nitrogens is 3. The van der Waals surface area contributed by atoms with Crippen LogP contribution < -0.4 is 5.56 Å². The highest BCUT2D eigenvalue weighted by Crippen LogP contribution is 2.18. The maximum absolute atomic E-state index is 12.1. The van der Waals surface area contributed by atoms with Gasteiger partial charge >= 0.3 is 0 Å². The van der Waals surface area contributed by atoms with E-state index in [0.717, 1.165) is 16.4 Å². The Morgan fingerprint density at radius 3 is 2.90 bits per heavy atom. The number of hydrogen-bond acceptors (Lipinski definition) is 4. The molecule has 0 atom stereocenters. The van der Waals surface area contributed by atoms with Crippen LogP contribution in [0.3, 0.4) is 0 Å². The Morgan fingerprint density at radius 1 is 1.20 bits per heavy atom. The van der Waals surface area contributed by atoms with E-state index >= 15 is 0 Å². The SMILES string of the molecule is Cc1cccc2nc(CSc3ccccn3)cc(=O)n12. The molecule has 0 bridgehead atoms. The van der Waals surface area contributed by atoms with Gasteiger partial charge in [0.15, 0.2) is 0 Å². The van der Waals surface area contributed by atoms with E-state index in [1.807, 2.05) is 43.3 Å². The first kappa shape index (κ1) is 12.9. The smallest absolute Gasteiger partial charge is 0.258 e. The summed E-state index contributed by atoms with van der Waals surface area (Å²) in [5.41, 5.74) is 2.32. The van der Waals surface area contributed by atoms with Crippen molar-refractivity contribution < 1.29 is 0 Å². The van der Waals surface area contributed by atoms with Gasteiger partial charge in [0.25, 0.3) is 5.56 Å². The summed E-state index contributed by atoms with van der Waals surface area (Å²) >= 11 is 1.57. The third-order valence-corrected chi connectivity index (χ3v) is 3.92. The molecule has 0 fully saturated rings. The number of pyridine rings is 2. The first-order valence-electron chi connectivity index (χ1n) is 6.26. The lowest BCUT2D eigenvalue weighted by molar-refractivity contribution is 0.968. The second-order valence-electron chi connectivity index (χ2n) is 4.40. The summed E-state index contributed by atoms with van der Waals surface area (Å²) in [6.45, 7) is 1.90. The van der Waals surface area contributed by atoms with E-state index in [2.05, 4.69) is 9.97 Å². The number of fused-ring (bicyclic) bond motifs is 1. The Labute approximate surface area is 120 Å². The van der Waals surface area contributed by atoms with Gasteiger partial charge < -0.3 is 0 Å². The number of hydrogen-bond donors (Lipinski definition) is 0. The maximum atomic E-state index is 12.1. The Bertz CT molecular complexity index is 799. The molecule has 0 aliphatic heterocycles. The van der Waals surface area contributed by atoms with Crippen molar-refractivity contribution in [1.29, 1.82) is 0 Å². The minimum absolute atomic E-state index is 0.0373. The number of rotatable bonds is 3. The van der Waals surface area contributed by atoms with Gasteiger partial charge in [0.05, 0.1) is 10.7 Å².